The van der Waals surface area contributed by atoms with Crippen molar-refractivity contribution >= 4 is 21.6 Å². The number of para-hydroxylation sites is 2. The molecule has 0 spiro atoms. The maximum Gasteiger partial charge on any atom is 0.231 e. The predicted molar refractivity (Wildman–Crippen MR) is 118 cm³/mol. The van der Waals surface area contributed by atoms with Gasteiger partial charge in [0.25, 0.3) is 0 Å². The molecule has 0 amide bonds. The summed E-state index contributed by atoms with van der Waals surface area (Å²) in [6, 6.07) is 7.73. The molecule has 1 aliphatic heterocycles. The number of ether oxygens (including phenoxy) is 3. The Kier molecular flexibility index (Phi) is 5.58. The molecule has 2 aromatic heterocycles. The van der Waals surface area contributed by atoms with Gasteiger partial charge in [0.1, 0.15) is 10.7 Å². The molecular weight excluding hydrogens is 398 g/mol. The molecule has 0 bridgehead atoms. The highest BCUT2D eigenvalue weighted by Crippen LogP contribution is 2.43. The Balaban J connectivity index is 1.58. The fourth-order valence-corrected chi connectivity index (χ4v) is 5.65. The molecule has 0 N–H and O–H groups in total. The average molecular weight is 426 g/mol. The zero-order valence-electron chi connectivity index (χ0n) is 17.5. The van der Waals surface area contributed by atoms with Crippen LogP contribution in [0.15, 0.2) is 24.3 Å². The first-order valence-corrected chi connectivity index (χ1v) is 11.4. The van der Waals surface area contributed by atoms with Crippen LogP contribution in [0.1, 0.15) is 29.6 Å². The van der Waals surface area contributed by atoms with Crippen LogP contribution in [0, 0.1) is 5.92 Å². The van der Waals surface area contributed by atoms with Gasteiger partial charge in [-0.3, -0.25) is 4.90 Å². The van der Waals surface area contributed by atoms with Gasteiger partial charge in [-0.1, -0.05) is 19.1 Å². The third-order valence-corrected chi connectivity index (χ3v) is 7.06. The summed E-state index contributed by atoms with van der Waals surface area (Å²) >= 11 is 1.81. The second-order valence-corrected chi connectivity index (χ2v) is 9.20. The van der Waals surface area contributed by atoms with Crippen molar-refractivity contribution in [2.45, 2.75) is 32.7 Å². The van der Waals surface area contributed by atoms with E-state index in [4.69, 9.17) is 24.2 Å². The van der Waals surface area contributed by atoms with Crippen LogP contribution in [0.5, 0.6) is 17.4 Å². The summed E-state index contributed by atoms with van der Waals surface area (Å²) in [6.07, 6.45) is 3.37. The average Bonchev–Trinajstić information content (AvgIpc) is 3.12. The van der Waals surface area contributed by atoms with Crippen molar-refractivity contribution in [3.63, 3.8) is 0 Å². The van der Waals surface area contributed by atoms with Crippen LogP contribution in [0.25, 0.3) is 10.2 Å². The number of aryl methyl sites for hydroxylation is 1. The van der Waals surface area contributed by atoms with Gasteiger partial charge in [0, 0.05) is 18.0 Å². The summed E-state index contributed by atoms with van der Waals surface area (Å²) in [5.74, 6) is 3.56. The van der Waals surface area contributed by atoms with Crippen LogP contribution in [-0.2, 0) is 24.1 Å². The molecule has 30 heavy (non-hydrogen) atoms. The molecule has 1 saturated heterocycles. The smallest absolute Gasteiger partial charge is 0.231 e. The summed E-state index contributed by atoms with van der Waals surface area (Å²) in [5.41, 5.74) is 1.37. The quantitative estimate of drug-likeness (QED) is 0.602. The van der Waals surface area contributed by atoms with Gasteiger partial charge < -0.3 is 14.2 Å². The van der Waals surface area contributed by atoms with Crippen molar-refractivity contribution in [2.75, 3.05) is 33.4 Å². The number of nitrogens with zero attached hydrogens (tertiary/aromatic N) is 3. The highest BCUT2D eigenvalue weighted by Gasteiger charge is 2.26. The number of aromatic nitrogens is 2. The van der Waals surface area contributed by atoms with Gasteiger partial charge in [0.15, 0.2) is 11.5 Å². The zero-order valence-corrected chi connectivity index (χ0v) is 18.3. The third kappa shape index (κ3) is 3.89. The van der Waals surface area contributed by atoms with Crippen LogP contribution in [-0.4, -0.2) is 48.3 Å². The van der Waals surface area contributed by atoms with E-state index >= 15 is 0 Å². The maximum atomic E-state index is 6.38. The summed E-state index contributed by atoms with van der Waals surface area (Å²) in [5, 5.41) is 1.08. The molecule has 1 fully saturated rings. The van der Waals surface area contributed by atoms with E-state index in [0.717, 1.165) is 55.2 Å². The fraction of sp³-hybridized carbons (Fsp3) is 0.478. The fourth-order valence-electron chi connectivity index (χ4n) is 4.26. The van der Waals surface area contributed by atoms with Crippen LogP contribution >= 0.6 is 11.3 Å². The minimum absolute atomic E-state index is 0.653. The Hall–Kier alpha value is -2.22. The Morgan fingerprint density at radius 2 is 1.97 bits per heavy atom. The molecule has 6 nitrogen and oxygen atoms in total. The summed E-state index contributed by atoms with van der Waals surface area (Å²) < 4.78 is 17.4. The molecule has 7 heteroatoms. The highest BCUT2D eigenvalue weighted by molar-refractivity contribution is 7.18. The lowest BCUT2D eigenvalue weighted by Gasteiger charge is -2.25. The third-order valence-electron chi connectivity index (χ3n) is 5.91. The van der Waals surface area contributed by atoms with Crippen molar-refractivity contribution in [1.82, 2.24) is 14.9 Å². The van der Waals surface area contributed by atoms with E-state index in [9.17, 15) is 0 Å². The van der Waals surface area contributed by atoms with E-state index in [1.807, 2.05) is 35.6 Å². The van der Waals surface area contributed by atoms with E-state index in [-0.39, 0.29) is 0 Å². The molecule has 0 saturated carbocycles. The number of methoxy groups -OCH3 is 1. The number of benzene rings is 1. The molecule has 5 rings (SSSR count). The molecule has 3 aromatic rings. The van der Waals surface area contributed by atoms with Crippen molar-refractivity contribution in [2.24, 2.45) is 5.92 Å². The van der Waals surface area contributed by atoms with Gasteiger partial charge in [0.05, 0.1) is 32.3 Å². The molecule has 3 heterocycles. The van der Waals surface area contributed by atoms with Crippen LogP contribution in [0.3, 0.4) is 0 Å². The Morgan fingerprint density at radius 3 is 2.77 bits per heavy atom. The molecule has 158 valence electrons. The van der Waals surface area contributed by atoms with Crippen molar-refractivity contribution in [3.05, 3.63) is 40.5 Å². The Bertz CT molecular complexity index is 1050. The van der Waals surface area contributed by atoms with E-state index < -0.39 is 0 Å². The largest absolute Gasteiger partial charge is 0.493 e. The highest BCUT2D eigenvalue weighted by atomic mass is 32.1. The number of rotatable bonds is 5. The molecule has 0 unspecified atom stereocenters. The molecule has 1 aliphatic carbocycles. The SMILES string of the molecule is COc1ccccc1Oc1nc(CN2CCOCC2)nc2sc3c(c12)CC[C@H](C)C3. The molecular formula is C23H27N3O3S. The van der Waals surface area contributed by atoms with E-state index in [1.54, 1.807) is 7.11 Å². The Morgan fingerprint density at radius 1 is 1.17 bits per heavy atom. The lowest BCUT2D eigenvalue weighted by molar-refractivity contribution is 0.0330. The topological polar surface area (TPSA) is 56.7 Å². The first-order valence-electron chi connectivity index (χ1n) is 10.6. The van der Waals surface area contributed by atoms with Gasteiger partial charge in [-0.15, -0.1) is 11.3 Å². The van der Waals surface area contributed by atoms with E-state index in [2.05, 4.69) is 11.8 Å². The standard InChI is InChI=1S/C23H27N3O3S/c1-15-7-8-16-19(13-15)30-23-21(16)22(29-18-6-4-3-5-17(18)27-2)24-20(25-23)14-26-9-11-28-12-10-26/h3-6,15H,7-14H2,1-2H3/t15-/m0/s1. The first kappa shape index (κ1) is 19.7. The summed E-state index contributed by atoms with van der Waals surface area (Å²) in [7, 11) is 1.66. The summed E-state index contributed by atoms with van der Waals surface area (Å²) in [4.78, 5) is 14.7. The van der Waals surface area contributed by atoms with Crippen molar-refractivity contribution < 1.29 is 14.2 Å². The first-order chi connectivity index (χ1) is 14.7. The number of morpholine rings is 1. The van der Waals surface area contributed by atoms with E-state index in [0.29, 0.717) is 29.8 Å². The number of hydrogen-bond donors (Lipinski definition) is 0. The second kappa shape index (κ2) is 8.49. The minimum atomic E-state index is 0.653. The normalized spacial score (nSPS) is 19.6. The number of fused-ring (bicyclic) bond motifs is 3. The van der Waals surface area contributed by atoms with E-state index in [1.165, 1.54) is 16.9 Å². The van der Waals surface area contributed by atoms with Gasteiger partial charge in [-0.2, -0.15) is 4.98 Å². The molecule has 1 atom stereocenters. The van der Waals surface area contributed by atoms with Crippen LogP contribution in [0.4, 0.5) is 0 Å². The predicted octanol–water partition coefficient (Wildman–Crippen LogP) is 4.45. The monoisotopic (exact) mass is 425 g/mol. The van der Waals surface area contributed by atoms with Gasteiger partial charge in [0.2, 0.25) is 5.88 Å². The Labute approximate surface area is 180 Å². The molecule has 2 aliphatic rings. The van der Waals surface area contributed by atoms with Crippen LogP contribution in [0.2, 0.25) is 0 Å². The van der Waals surface area contributed by atoms with Gasteiger partial charge in [-0.05, 0) is 42.9 Å². The van der Waals surface area contributed by atoms with Crippen LogP contribution < -0.4 is 9.47 Å². The molecule has 0 radical (unpaired) electrons. The van der Waals surface area contributed by atoms with Crippen molar-refractivity contribution in [3.8, 4) is 17.4 Å². The number of thiophene rings is 1. The molecule has 1 aromatic carbocycles. The summed E-state index contributed by atoms with van der Waals surface area (Å²) in [6.45, 7) is 6.37. The zero-order chi connectivity index (χ0) is 20.5. The second-order valence-electron chi connectivity index (χ2n) is 8.12. The maximum absolute atomic E-state index is 6.38. The van der Waals surface area contributed by atoms with Gasteiger partial charge >= 0.3 is 0 Å². The lowest BCUT2D eigenvalue weighted by Crippen LogP contribution is -2.36. The minimum Gasteiger partial charge on any atom is -0.493 e. The van der Waals surface area contributed by atoms with Crippen molar-refractivity contribution in [1.29, 1.82) is 0 Å². The number of hydrogen-bond acceptors (Lipinski definition) is 7. The van der Waals surface area contributed by atoms with Gasteiger partial charge in [-0.25, -0.2) is 4.98 Å². The lowest BCUT2D eigenvalue weighted by atomic mass is 9.89.